The van der Waals surface area contributed by atoms with Gasteiger partial charge in [0.2, 0.25) is 0 Å². The quantitative estimate of drug-likeness (QED) is 0.542. The smallest absolute Gasteiger partial charge is 0.250 e. The summed E-state index contributed by atoms with van der Waals surface area (Å²) in [5.41, 5.74) is 1.09. The molecule has 2 rings (SSSR count). The summed E-state index contributed by atoms with van der Waals surface area (Å²) in [6.45, 7) is 0.669. The first kappa shape index (κ1) is 6.40. The molecule has 1 atom stereocenters. The van der Waals surface area contributed by atoms with Gasteiger partial charge < -0.3 is 0 Å². The summed E-state index contributed by atoms with van der Waals surface area (Å²) < 4.78 is 0. The fraction of sp³-hybridized carbons (Fsp3) is 0.222. The van der Waals surface area contributed by atoms with Crippen LogP contribution in [-0.4, -0.2) is 12.5 Å². The van der Waals surface area contributed by atoms with E-state index in [-0.39, 0.29) is 11.8 Å². The van der Waals surface area contributed by atoms with Gasteiger partial charge in [0.05, 0.1) is 12.5 Å². The van der Waals surface area contributed by atoms with E-state index in [1.165, 1.54) is 0 Å². The maximum Gasteiger partial charge on any atom is 0.250 e. The summed E-state index contributed by atoms with van der Waals surface area (Å²) >= 11 is 0. The third-order valence-corrected chi connectivity index (χ3v) is 1.93. The van der Waals surface area contributed by atoms with Crippen LogP contribution < -0.4 is 5.32 Å². The molecule has 1 aromatic rings. The average Bonchev–Trinajstić information content (AvgIpc) is 2.04. The molecule has 0 aromatic heterocycles. The van der Waals surface area contributed by atoms with Crippen molar-refractivity contribution in [1.82, 2.24) is 5.32 Å². The van der Waals surface area contributed by atoms with Crippen molar-refractivity contribution in [1.29, 1.82) is 0 Å². The van der Waals surface area contributed by atoms with Gasteiger partial charge in [-0.1, -0.05) is 30.3 Å². The van der Waals surface area contributed by atoms with Crippen LogP contribution in [0.15, 0.2) is 30.3 Å². The van der Waals surface area contributed by atoms with E-state index in [0.29, 0.717) is 6.54 Å². The van der Waals surface area contributed by atoms with Crippen LogP contribution in [0.25, 0.3) is 0 Å². The van der Waals surface area contributed by atoms with E-state index in [9.17, 15) is 4.79 Å². The molecule has 0 bridgehead atoms. The highest BCUT2D eigenvalue weighted by Gasteiger charge is 2.30. The third kappa shape index (κ3) is 1.00. The van der Waals surface area contributed by atoms with Crippen molar-refractivity contribution in [3.05, 3.63) is 35.9 Å². The lowest BCUT2D eigenvalue weighted by Crippen LogP contribution is -2.40. The first-order valence-corrected chi connectivity index (χ1v) is 3.64. The molecule has 1 aliphatic rings. The number of hydrogen-bond donors (Lipinski definition) is 0. The minimum atomic E-state index is 0.0243. The zero-order chi connectivity index (χ0) is 7.68. The molecule has 1 unspecified atom stereocenters. The monoisotopic (exact) mass is 146 g/mol. The number of nitrogens with zero attached hydrogens (tertiary/aromatic N) is 1. The lowest BCUT2D eigenvalue weighted by atomic mass is 9.93. The number of β-lactam (4-membered cyclic amide) rings is 1. The van der Waals surface area contributed by atoms with Crippen LogP contribution in [0.4, 0.5) is 0 Å². The lowest BCUT2D eigenvalue weighted by molar-refractivity contribution is -0.128. The molecular weight excluding hydrogens is 138 g/mol. The molecule has 1 aromatic carbocycles. The number of rotatable bonds is 1. The molecule has 0 saturated carbocycles. The lowest BCUT2D eigenvalue weighted by Gasteiger charge is -2.23. The summed E-state index contributed by atoms with van der Waals surface area (Å²) in [4.78, 5) is 10.9. The Hall–Kier alpha value is -1.31. The van der Waals surface area contributed by atoms with E-state index in [1.54, 1.807) is 0 Å². The van der Waals surface area contributed by atoms with E-state index < -0.39 is 0 Å². The van der Waals surface area contributed by atoms with Crippen LogP contribution in [-0.2, 0) is 4.79 Å². The second-order valence-corrected chi connectivity index (χ2v) is 2.64. The van der Waals surface area contributed by atoms with Crippen LogP contribution in [0.1, 0.15) is 11.5 Å². The van der Waals surface area contributed by atoms with Gasteiger partial charge in [-0.05, 0) is 5.56 Å². The molecule has 55 valence electrons. The third-order valence-electron chi connectivity index (χ3n) is 1.93. The number of hydrogen-bond acceptors (Lipinski definition) is 1. The Morgan fingerprint density at radius 1 is 1.27 bits per heavy atom. The van der Waals surface area contributed by atoms with E-state index in [0.717, 1.165) is 5.56 Å². The summed E-state index contributed by atoms with van der Waals surface area (Å²) in [5.74, 6) is 0.0763. The second-order valence-electron chi connectivity index (χ2n) is 2.64. The highest BCUT2D eigenvalue weighted by molar-refractivity contribution is 5.89. The van der Waals surface area contributed by atoms with Crippen molar-refractivity contribution in [3.8, 4) is 0 Å². The van der Waals surface area contributed by atoms with Crippen LogP contribution in [0.2, 0.25) is 0 Å². The maximum absolute atomic E-state index is 10.9. The van der Waals surface area contributed by atoms with Gasteiger partial charge in [0.15, 0.2) is 0 Å². The van der Waals surface area contributed by atoms with Crippen LogP contribution in [0.3, 0.4) is 0 Å². The summed E-state index contributed by atoms with van der Waals surface area (Å²) in [7, 11) is 0. The molecule has 2 heteroatoms. The first-order valence-electron chi connectivity index (χ1n) is 3.64. The Labute approximate surface area is 65.2 Å². The fourth-order valence-corrected chi connectivity index (χ4v) is 1.19. The van der Waals surface area contributed by atoms with Gasteiger partial charge in [-0.3, -0.25) is 4.79 Å². The Balaban J connectivity index is 2.23. The van der Waals surface area contributed by atoms with Crippen molar-refractivity contribution in [2.75, 3.05) is 6.54 Å². The van der Waals surface area contributed by atoms with Gasteiger partial charge in [-0.25, -0.2) is 5.32 Å². The van der Waals surface area contributed by atoms with Crippen LogP contribution in [0, 0.1) is 0 Å². The maximum atomic E-state index is 10.9. The SMILES string of the molecule is O=C1[N]CC1c1ccccc1. The molecule has 2 nitrogen and oxygen atoms in total. The number of carbonyl (C=O) groups is 1. The minimum Gasteiger partial charge on any atom is -0.272 e. The Bertz CT molecular complexity index is 268. The standard InChI is InChI=1S/C9H8NO/c11-9-8(6-10-9)7-4-2-1-3-5-7/h1-5,8H,6H2. The van der Waals surface area contributed by atoms with E-state index in [1.807, 2.05) is 30.3 Å². The molecular formula is C9H8NO. The first-order chi connectivity index (χ1) is 5.38. The molecule has 0 N–H and O–H groups in total. The summed E-state index contributed by atoms with van der Waals surface area (Å²) in [6, 6.07) is 9.78. The predicted molar refractivity (Wildman–Crippen MR) is 41.2 cm³/mol. The highest BCUT2D eigenvalue weighted by atomic mass is 16.2. The molecule has 1 radical (unpaired) electrons. The molecule has 0 aliphatic carbocycles. The predicted octanol–water partition coefficient (Wildman–Crippen LogP) is 0.915. The van der Waals surface area contributed by atoms with Crippen molar-refractivity contribution in [3.63, 3.8) is 0 Å². The highest BCUT2D eigenvalue weighted by Crippen LogP contribution is 2.21. The van der Waals surface area contributed by atoms with Crippen molar-refractivity contribution in [2.45, 2.75) is 5.92 Å². The fourth-order valence-electron chi connectivity index (χ4n) is 1.19. The Morgan fingerprint density at radius 2 is 2.00 bits per heavy atom. The van der Waals surface area contributed by atoms with Crippen molar-refractivity contribution in [2.24, 2.45) is 0 Å². The van der Waals surface area contributed by atoms with Crippen LogP contribution in [0.5, 0.6) is 0 Å². The largest absolute Gasteiger partial charge is 0.272 e. The molecule has 1 saturated heterocycles. The minimum absolute atomic E-state index is 0.0243. The van der Waals surface area contributed by atoms with Gasteiger partial charge in [0.1, 0.15) is 0 Å². The summed E-state index contributed by atoms with van der Waals surface area (Å²) in [5, 5.41) is 3.69. The normalized spacial score (nSPS) is 22.2. The van der Waals surface area contributed by atoms with Gasteiger partial charge in [0, 0.05) is 0 Å². The molecule has 11 heavy (non-hydrogen) atoms. The number of carbonyl (C=O) groups excluding carboxylic acids is 1. The van der Waals surface area contributed by atoms with Gasteiger partial charge in [-0.2, -0.15) is 0 Å². The van der Waals surface area contributed by atoms with E-state index >= 15 is 0 Å². The summed E-state index contributed by atoms with van der Waals surface area (Å²) in [6.07, 6.45) is 0. The van der Waals surface area contributed by atoms with Crippen LogP contribution >= 0.6 is 0 Å². The zero-order valence-electron chi connectivity index (χ0n) is 6.03. The average molecular weight is 146 g/mol. The van der Waals surface area contributed by atoms with Crippen molar-refractivity contribution >= 4 is 5.91 Å². The van der Waals surface area contributed by atoms with Crippen molar-refractivity contribution < 1.29 is 4.79 Å². The Kier molecular flexibility index (Phi) is 1.39. The molecule has 1 heterocycles. The molecule has 1 amide bonds. The second kappa shape index (κ2) is 2.38. The Morgan fingerprint density at radius 3 is 2.45 bits per heavy atom. The van der Waals surface area contributed by atoms with Gasteiger partial charge in [0.25, 0.3) is 5.91 Å². The number of benzene rings is 1. The zero-order valence-corrected chi connectivity index (χ0v) is 6.03. The van der Waals surface area contributed by atoms with E-state index in [4.69, 9.17) is 0 Å². The topological polar surface area (TPSA) is 31.2 Å². The number of amides is 1. The van der Waals surface area contributed by atoms with E-state index in [2.05, 4.69) is 5.32 Å². The molecule has 1 fully saturated rings. The van der Waals surface area contributed by atoms with Gasteiger partial charge in [-0.15, -0.1) is 0 Å². The molecule has 0 spiro atoms. The van der Waals surface area contributed by atoms with Gasteiger partial charge >= 0.3 is 0 Å². The molecule has 1 aliphatic heterocycles.